The molecule has 23 heavy (non-hydrogen) atoms. The Hall–Kier alpha value is -1.90. The van der Waals surface area contributed by atoms with Gasteiger partial charge in [0.2, 0.25) is 0 Å². The van der Waals surface area contributed by atoms with E-state index in [9.17, 15) is 17.6 Å². The first-order valence-electron chi connectivity index (χ1n) is 6.88. The van der Waals surface area contributed by atoms with E-state index >= 15 is 0 Å². The van der Waals surface area contributed by atoms with Gasteiger partial charge in [-0.05, 0) is 37.7 Å². The Bertz CT molecular complexity index is 729. The van der Waals surface area contributed by atoms with Gasteiger partial charge in [-0.25, -0.2) is 0 Å². The Morgan fingerprint density at radius 2 is 2.09 bits per heavy atom. The van der Waals surface area contributed by atoms with Crippen molar-refractivity contribution in [3.8, 4) is 17.1 Å². The molecular weight excluding hydrogens is 334 g/mol. The highest BCUT2D eigenvalue weighted by Crippen LogP contribution is 2.31. The lowest BCUT2D eigenvalue weighted by Gasteiger charge is -2.17. The molecule has 4 nitrogen and oxygen atoms in total. The van der Waals surface area contributed by atoms with Crippen molar-refractivity contribution in [2.75, 3.05) is 0 Å². The predicted octanol–water partition coefficient (Wildman–Crippen LogP) is 4.82. The zero-order valence-electron chi connectivity index (χ0n) is 12.4. The SMILES string of the molecule is CC[C@@H](C)n1c(-c2cccc(OC(F)(F)C(F)F)c2)n[nH]c1=S. The molecule has 0 amide bonds. The van der Waals surface area contributed by atoms with E-state index in [1.807, 2.05) is 13.8 Å². The molecule has 1 aromatic carbocycles. The highest BCUT2D eigenvalue weighted by atomic mass is 32.1. The maximum Gasteiger partial charge on any atom is 0.461 e. The zero-order valence-corrected chi connectivity index (χ0v) is 13.2. The Balaban J connectivity index is 2.40. The molecule has 0 bridgehead atoms. The third kappa shape index (κ3) is 3.72. The smallest absolute Gasteiger partial charge is 0.428 e. The predicted molar refractivity (Wildman–Crippen MR) is 79.4 cm³/mol. The topological polar surface area (TPSA) is 42.8 Å². The van der Waals surface area contributed by atoms with Crippen molar-refractivity contribution >= 4 is 12.2 Å². The number of hydrogen-bond acceptors (Lipinski definition) is 3. The first-order chi connectivity index (χ1) is 10.8. The van der Waals surface area contributed by atoms with Crippen LogP contribution in [0.4, 0.5) is 17.6 Å². The molecule has 126 valence electrons. The number of halogens is 4. The van der Waals surface area contributed by atoms with Gasteiger partial charge in [-0.2, -0.15) is 22.7 Å². The van der Waals surface area contributed by atoms with Crippen LogP contribution in [0.1, 0.15) is 26.3 Å². The summed E-state index contributed by atoms with van der Waals surface area (Å²) < 4.78 is 56.7. The van der Waals surface area contributed by atoms with Crippen molar-refractivity contribution in [3.63, 3.8) is 0 Å². The molecule has 0 unspecified atom stereocenters. The minimum absolute atomic E-state index is 0.0309. The minimum atomic E-state index is -4.56. The molecule has 0 saturated carbocycles. The van der Waals surface area contributed by atoms with E-state index in [1.54, 1.807) is 10.6 Å². The van der Waals surface area contributed by atoms with E-state index in [4.69, 9.17) is 12.2 Å². The molecule has 2 rings (SSSR count). The molecule has 1 atom stereocenters. The number of benzene rings is 1. The number of alkyl halides is 4. The van der Waals surface area contributed by atoms with Crippen LogP contribution in [0.5, 0.6) is 5.75 Å². The van der Waals surface area contributed by atoms with Gasteiger partial charge in [0.15, 0.2) is 10.6 Å². The Morgan fingerprint density at radius 3 is 2.70 bits per heavy atom. The van der Waals surface area contributed by atoms with Crippen LogP contribution < -0.4 is 4.74 Å². The number of H-pyrrole nitrogens is 1. The second kappa shape index (κ2) is 6.69. The van der Waals surface area contributed by atoms with Crippen LogP contribution in [-0.2, 0) is 0 Å². The van der Waals surface area contributed by atoms with Gasteiger partial charge < -0.3 is 4.74 Å². The highest BCUT2D eigenvalue weighted by Gasteiger charge is 2.44. The fraction of sp³-hybridized carbons (Fsp3) is 0.429. The Morgan fingerprint density at radius 1 is 1.39 bits per heavy atom. The summed E-state index contributed by atoms with van der Waals surface area (Å²) >= 11 is 5.16. The van der Waals surface area contributed by atoms with Gasteiger partial charge in [0.25, 0.3) is 0 Å². The van der Waals surface area contributed by atoms with Gasteiger partial charge >= 0.3 is 12.5 Å². The van der Waals surface area contributed by atoms with Crippen molar-refractivity contribution in [1.29, 1.82) is 0 Å². The summed E-state index contributed by atoms with van der Waals surface area (Å²) in [6.07, 6.45) is -7.69. The van der Waals surface area contributed by atoms with Crippen LogP contribution in [0, 0.1) is 4.77 Å². The van der Waals surface area contributed by atoms with E-state index in [1.165, 1.54) is 18.2 Å². The van der Waals surface area contributed by atoms with Crippen molar-refractivity contribution in [2.24, 2.45) is 0 Å². The van der Waals surface area contributed by atoms with Crippen molar-refractivity contribution < 1.29 is 22.3 Å². The molecule has 0 spiro atoms. The maximum atomic E-state index is 13.0. The zero-order chi connectivity index (χ0) is 17.2. The molecule has 0 radical (unpaired) electrons. The van der Waals surface area contributed by atoms with Crippen LogP contribution in [-0.4, -0.2) is 27.3 Å². The monoisotopic (exact) mass is 349 g/mol. The Labute approximate surface area is 135 Å². The largest absolute Gasteiger partial charge is 0.461 e. The quantitative estimate of drug-likeness (QED) is 0.601. The summed E-state index contributed by atoms with van der Waals surface area (Å²) in [5.41, 5.74) is 0.431. The summed E-state index contributed by atoms with van der Waals surface area (Å²) in [6.45, 7) is 3.89. The first-order valence-corrected chi connectivity index (χ1v) is 7.29. The van der Waals surface area contributed by atoms with Crippen molar-refractivity contribution in [3.05, 3.63) is 29.0 Å². The number of aromatic amines is 1. The molecule has 1 heterocycles. The third-order valence-electron chi connectivity index (χ3n) is 3.34. The highest BCUT2D eigenvalue weighted by molar-refractivity contribution is 7.71. The van der Waals surface area contributed by atoms with Crippen molar-refractivity contribution in [2.45, 2.75) is 38.8 Å². The molecule has 1 N–H and O–H groups in total. The van der Waals surface area contributed by atoms with E-state index in [2.05, 4.69) is 14.9 Å². The number of aromatic nitrogens is 3. The average Bonchev–Trinajstić information content (AvgIpc) is 2.88. The summed E-state index contributed by atoms with van der Waals surface area (Å²) in [6, 6.07) is 5.46. The van der Waals surface area contributed by atoms with E-state index in [-0.39, 0.29) is 11.8 Å². The number of hydrogen-bond donors (Lipinski definition) is 1. The summed E-state index contributed by atoms with van der Waals surface area (Å²) in [5.74, 6) is 0.0487. The van der Waals surface area contributed by atoms with Crippen LogP contribution in [0.25, 0.3) is 11.4 Å². The van der Waals surface area contributed by atoms with Crippen LogP contribution >= 0.6 is 12.2 Å². The standard InChI is InChI=1S/C14H15F4N3OS/c1-3-8(2)21-11(19-20-13(21)23)9-5-4-6-10(7-9)22-14(17,18)12(15)16/h4-8,12H,3H2,1-2H3,(H,20,23)/t8-/m1/s1. The third-order valence-corrected chi connectivity index (χ3v) is 3.62. The summed E-state index contributed by atoms with van der Waals surface area (Å²) in [4.78, 5) is 0. The number of rotatable bonds is 6. The molecule has 1 aromatic heterocycles. The molecule has 0 saturated heterocycles. The van der Waals surface area contributed by atoms with Gasteiger partial charge in [0, 0.05) is 11.6 Å². The first kappa shape index (κ1) is 17.5. The molecule has 2 aromatic rings. The second-order valence-corrected chi connectivity index (χ2v) is 5.36. The fourth-order valence-corrected chi connectivity index (χ4v) is 2.31. The number of nitrogens with zero attached hydrogens (tertiary/aromatic N) is 2. The summed E-state index contributed by atoms with van der Waals surface area (Å²) in [5, 5.41) is 6.73. The summed E-state index contributed by atoms with van der Waals surface area (Å²) in [7, 11) is 0. The van der Waals surface area contributed by atoms with Gasteiger partial charge in [-0.15, -0.1) is 0 Å². The minimum Gasteiger partial charge on any atom is -0.428 e. The Kier molecular flexibility index (Phi) is 5.08. The van der Waals surface area contributed by atoms with Crippen LogP contribution in [0.15, 0.2) is 24.3 Å². The lowest BCUT2D eigenvalue weighted by atomic mass is 10.2. The van der Waals surface area contributed by atoms with Crippen LogP contribution in [0.3, 0.4) is 0 Å². The molecule has 0 fully saturated rings. The normalized spacial score (nSPS) is 13.3. The van der Waals surface area contributed by atoms with Gasteiger partial charge in [-0.3, -0.25) is 9.67 Å². The average molecular weight is 349 g/mol. The van der Waals surface area contributed by atoms with Gasteiger partial charge in [0.05, 0.1) is 0 Å². The molecular formula is C14H15F4N3OS. The molecule has 0 aliphatic carbocycles. The number of nitrogens with one attached hydrogen (secondary N) is 1. The van der Waals surface area contributed by atoms with E-state index in [0.29, 0.717) is 16.2 Å². The lowest BCUT2D eigenvalue weighted by molar-refractivity contribution is -0.253. The second-order valence-electron chi connectivity index (χ2n) is 4.97. The van der Waals surface area contributed by atoms with E-state index < -0.39 is 12.5 Å². The van der Waals surface area contributed by atoms with Crippen LogP contribution in [0.2, 0.25) is 0 Å². The van der Waals surface area contributed by atoms with Gasteiger partial charge in [-0.1, -0.05) is 19.1 Å². The number of ether oxygens (including phenoxy) is 1. The molecule has 9 heteroatoms. The maximum absolute atomic E-state index is 13.0. The van der Waals surface area contributed by atoms with E-state index in [0.717, 1.165) is 6.42 Å². The van der Waals surface area contributed by atoms with Gasteiger partial charge in [0.1, 0.15) is 5.75 Å². The molecule has 0 aliphatic heterocycles. The lowest BCUT2D eigenvalue weighted by Crippen LogP contribution is -2.33. The molecule has 0 aliphatic rings. The fourth-order valence-electron chi connectivity index (χ4n) is 2.00. The van der Waals surface area contributed by atoms with Crippen molar-refractivity contribution in [1.82, 2.24) is 14.8 Å².